The third kappa shape index (κ3) is 4.97. The molecule has 0 unspecified atom stereocenters. The van der Waals surface area contributed by atoms with Gasteiger partial charge in [0.15, 0.2) is 0 Å². The van der Waals surface area contributed by atoms with Crippen LogP contribution in [0.15, 0.2) is 72.8 Å². The summed E-state index contributed by atoms with van der Waals surface area (Å²) in [6.45, 7) is 2.75. The molecule has 1 saturated heterocycles. The first-order valence-corrected chi connectivity index (χ1v) is 10.5. The highest BCUT2D eigenvalue weighted by atomic mass is 35.5. The van der Waals surface area contributed by atoms with Gasteiger partial charge in [-0.2, -0.15) is 0 Å². The number of amides is 1. The number of piperazine rings is 1. The first-order valence-electron chi connectivity index (χ1n) is 9.76. The molecular weight excluding hydrogens is 415 g/mol. The van der Waals surface area contributed by atoms with E-state index in [9.17, 15) is 4.79 Å². The van der Waals surface area contributed by atoms with Crippen molar-refractivity contribution in [1.82, 2.24) is 4.90 Å². The Hall–Kier alpha value is -2.93. The molecule has 3 nitrogen and oxygen atoms in total. The molecule has 0 aliphatic carbocycles. The molecule has 0 radical (unpaired) electrons. The van der Waals surface area contributed by atoms with Gasteiger partial charge >= 0.3 is 0 Å². The van der Waals surface area contributed by atoms with Gasteiger partial charge in [-0.1, -0.05) is 59.3 Å². The van der Waals surface area contributed by atoms with E-state index >= 15 is 0 Å². The maximum absolute atomic E-state index is 13.0. The average Bonchev–Trinajstić information content (AvgIpc) is 2.77. The van der Waals surface area contributed by atoms with Crippen molar-refractivity contribution in [3.8, 4) is 11.8 Å². The van der Waals surface area contributed by atoms with Gasteiger partial charge in [0.25, 0.3) is 5.91 Å². The van der Waals surface area contributed by atoms with Gasteiger partial charge in [-0.05, 0) is 48.5 Å². The zero-order chi connectivity index (χ0) is 20.9. The van der Waals surface area contributed by atoms with Gasteiger partial charge in [-0.3, -0.25) is 4.79 Å². The molecule has 0 bridgehead atoms. The monoisotopic (exact) mass is 434 g/mol. The number of carbonyl (C=O) groups excluding carboxylic acids is 1. The summed E-state index contributed by atoms with van der Waals surface area (Å²) >= 11 is 12.2. The summed E-state index contributed by atoms with van der Waals surface area (Å²) in [7, 11) is 0. The second-order valence-electron chi connectivity index (χ2n) is 7.10. The van der Waals surface area contributed by atoms with Crippen LogP contribution in [0.5, 0.6) is 0 Å². The molecule has 0 atom stereocenters. The van der Waals surface area contributed by atoms with Crippen molar-refractivity contribution < 1.29 is 4.79 Å². The largest absolute Gasteiger partial charge is 0.368 e. The van der Waals surface area contributed by atoms with Crippen molar-refractivity contribution >= 4 is 34.8 Å². The summed E-state index contributed by atoms with van der Waals surface area (Å²) < 4.78 is 0. The fourth-order valence-electron chi connectivity index (χ4n) is 3.47. The van der Waals surface area contributed by atoms with Crippen LogP contribution in [0.25, 0.3) is 0 Å². The van der Waals surface area contributed by atoms with Crippen molar-refractivity contribution in [2.45, 2.75) is 0 Å². The average molecular weight is 435 g/mol. The van der Waals surface area contributed by atoms with Gasteiger partial charge in [-0.25, -0.2) is 0 Å². The Morgan fingerprint density at radius 2 is 1.37 bits per heavy atom. The number of halogens is 2. The Balaban J connectivity index is 1.43. The van der Waals surface area contributed by atoms with E-state index in [4.69, 9.17) is 23.2 Å². The maximum Gasteiger partial charge on any atom is 0.254 e. The molecule has 1 fully saturated rings. The SMILES string of the molecule is O=C(c1cccc(C#Cc2ccccc2)c1)N1CCN(c2cc(Cl)cc(Cl)c2)CC1. The second-order valence-corrected chi connectivity index (χ2v) is 7.98. The molecule has 3 aromatic rings. The van der Waals surface area contributed by atoms with E-state index in [0.29, 0.717) is 28.7 Å². The lowest BCUT2D eigenvalue weighted by Crippen LogP contribution is -2.48. The fraction of sp³-hybridized carbons (Fsp3) is 0.160. The Morgan fingerprint density at radius 1 is 0.733 bits per heavy atom. The van der Waals surface area contributed by atoms with E-state index < -0.39 is 0 Å². The fourth-order valence-corrected chi connectivity index (χ4v) is 3.98. The Bertz CT molecular complexity index is 1090. The molecule has 5 heteroatoms. The van der Waals surface area contributed by atoms with Crippen LogP contribution < -0.4 is 4.90 Å². The lowest BCUT2D eigenvalue weighted by Gasteiger charge is -2.36. The summed E-state index contributed by atoms with van der Waals surface area (Å²) in [4.78, 5) is 17.1. The lowest BCUT2D eigenvalue weighted by atomic mass is 10.1. The van der Waals surface area contributed by atoms with E-state index in [1.54, 1.807) is 6.07 Å². The van der Waals surface area contributed by atoms with Gasteiger partial charge < -0.3 is 9.80 Å². The van der Waals surface area contributed by atoms with E-state index in [-0.39, 0.29) is 5.91 Å². The standard InChI is InChI=1S/C25H20Cl2N2O/c26-22-16-23(27)18-24(17-22)28-11-13-29(14-12-28)25(30)21-8-4-7-20(15-21)10-9-19-5-2-1-3-6-19/h1-8,15-18H,11-14H2. The van der Waals surface area contributed by atoms with Crippen molar-refractivity contribution in [1.29, 1.82) is 0 Å². The Labute approximate surface area is 186 Å². The summed E-state index contributed by atoms with van der Waals surface area (Å²) in [5.41, 5.74) is 3.43. The minimum atomic E-state index is 0.0298. The number of anilines is 1. The summed E-state index contributed by atoms with van der Waals surface area (Å²) in [5.74, 6) is 6.31. The number of rotatable bonds is 2. The van der Waals surface area contributed by atoms with E-state index in [1.165, 1.54) is 0 Å². The molecule has 150 valence electrons. The van der Waals surface area contributed by atoms with Crippen LogP contribution in [-0.4, -0.2) is 37.0 Å². The molecular formula is C25H20Cl2N2O. The van der Waals surface area contributed by atoms with Crippen LogP contribution in [0.1, 0.15) is 21.5 Å². The molecule has 0 N–H and O–H groups in total. The van der Waals surface area contributed by atoms with Crippen molar-refractivity contribution in [3.63, 3.8) is 0 Å². The molecule has 30 heavy (non-hydrogen) atoms. The van der Waals surface area contributed by atoms with Crippen LogP contribution in [0.3, 0.4) is 0 Å². The summed E-state index contributed by atoms with van der Waals surface area (Å²) in [6.07, 6.45) is 0. The highest BCUT2D eigenvalue weighted by molar-refractivity contribution is 6.35. The molecule has 1 amide bonds. The zero-order valence-electron chi connectivity index (χ0n) is 16.3. The Kier molecular flexibility index (Phi) is 6.28. The van der Waals surface area contributed by atoms with E-state index in [2.05, 4.69) is 16.7 Å². The highest BCUT2D eigenvalue weighted by Crippen LogP contribution is 2.26. The molecule has 1 heterocycles. The van der Waals surface area contributed by atoms with Gasteiger partial charge in [-0.15, -0.1) is 0 Å². The van der Waals surface area contributed by atoms with E-state index in [0.717, 1.165) is 29.9 Å². The molecule has 4 rings (SSSR count). The van der Waals surface area contributed by atoms with Gasteiger partial charge in [0, 0.05) is 58.6 Å². The van der Waals surface area contributed by atoms with Crippen LogP contribution in [0, 0.1) is 11.8 Å². The smallest absolute Gasteiger partial charge is 0.254 e. The van der Waals surface area contributed by atoms with Crippen LogP contribution in [0.2, 0.25) is 10.0 Å². The number of nitrogens with zero attached hydrogens (tertiary/aromatic N) is 2. The first-order chi connectivity index (χ1) is 14.6. The molecule has 1 aliphatic heterocycles. The number of benzene rings is 3. The molecule has 0 saturated carbocycles. The quantitative estimate of drug-likeness (QED) is 0.507. The molecule has 3 aromatic carbocycles. The van der Waals surface area contributed by atoms with Crippen molar-refractivity contribution in [3.05, 3.63) is 99.5 Å². The normalized spacial score (nSPS) is 13.5. The predicted molar refractivity (Wildman–Crippen MR) is 123 cm³/mol. The maximum atomic E-state index is 13.0. The second kappa shape index (κ2) is 9.26. The summed E-state index contributed by atoms with van der Waals surface area (Å²) in [6, 6.07) is 22.9. The first kappa shape index (κ1) is 20.3. The van der Waals surface area contributed by atoms with Crippen LogP contribution >= 0.6 is 23.2 Å². The molecule has 0 spiro atoms. The summed E-state index contributed by atoms with van der Waals surface area (Å²) in [5, 5.41) is 1.23. The van der Waals surface area contributed by atoms with Crippen molar-refractivity contribution in [2.24, 2.45) is 0 Å². The Morgan fingerprint density at radius 3 is 2.07 bits per heavy atom. The molecule has 1 aliphatic rings. The number of hydrogen-bond acceptors (Lipinski definition) is 2. The van der Waals surface area contributed by atoms with Gasteiger partial charge in [0.2, 0.25) is 0 Å². The lowest BCUT2D eigenvalue weighted by molar-refractivity contribution is 0.0746. The molecule has 0 aromatic heterocycles. The number of carbonyl (C=O) groups is 1. The van der Waals surface area contributed by atoms with Crippen molar-refractivity contribution in [2.75, 3.05) is 31.1 Å². The van der Waals surface area contributed by atoms with Gasteiger partial charge in [0.05, 0.1) is 0 Å². The minimum Gasteiger partial charge on any atom is -0.368 e. The zero-order valence-corrected chi connectivity index (χ0v) is 17.8. The third-order valence-corrected chi connectivity index (χ3v) is 5.45. The predicted octanol–water partition coefficient (Wildman–Crippen LogP) is 5.36. The topological polar surface area (TPSA) is 23.6 Å². The highest BCUT2D eigenvalue weighted by Gasteiger charge is 2.22. The number of hydrogen-bond donors (Lipinski definition) is 0. The van der Waals surface area contributed by atoms with Gasteiger partial charge in [0.1, 0.15) is 0 Å². The third-order valence-electron chi connectivity index (χ3n) is 5.01. The van der Waals surface area contributed by atoms with E-state index in [1.807, 2.05) is 71.6 Å². The van der Waals surface area contributed by atoms with Crippen LogP contribution in [0.4, 0.5) is 5.69 Å². The van der Waals surface area contributed by atoms with Crippen LogP contribution in [-0.2, 0) is 0 Å². The minimum absolute atomic E-state index is 0.0298.